The van der Waals surface area contributed by atoms with E-state index in [1.54, 1.807) is 36.4 Å². The van der Waals surface area contributed by atoms with Gasteiger partial charge in [-0.3, -0.25) is 9.52 Å². The molecule has 0 saturated carbocycles. The molecule has 156 valence electrons. The molecule has 0 fully saturated rings. The molecule has 3 aromatic carbocycles. The van der Waals surface area contributed by atoms with Gasteiger partial charge in [-0.25, -0.2) is 8.42 Å². The molecule has 0 spiro atoms. The van der Waals surface area contributed by atoms with Gasteiger partial charge in [0.15, 0.2) is 0 Å². The van der Waals surface area contributed by atoms with Gasteiger partial charge in [0.2, 0.25) is 0 Å². The van der Waals surface area contributed by atoms with E-state index in [1.807, 2.05) is 38.1 Å². The Balaban J connectivity index is 1.64. The molecular formula is C23H24N2O4S. The summed E-state index contributed by atoms with van der Waals surface area (Å²) in [5.41, 5.74) is 2.51. The lowest BCUT2D eigenvalue weighted by Crippen LogP contribution is -2.29. The summed E-state index contributed by atoms with van der Waals surface area (Å²) in [6, 6.07) is 20.6. The van der Waals surface area contributed by atoms with Crippen LogP contribution >= 0.6 is 0 Å². The highest BCUT2D eigenvalue weighted by atomic mass is 32.2. The van der Waals surface area contributed by atoms with Gasteiger partial charge in [0.05, 0.1) is 22.7 Å². The predicted octanol–water partition coefficient (Wildman–Crippen LogP) is 3.91. The molecule has 1 amide bonds. The Bertz CT molecular complexity index is 1130. The van der Waals surface area contributed by atoms with Crippen LogP contribution in [0.5, 0.6) is 5.75 Å². The van der Waals surface area contributed by atoms with Gasteiger partial charge in [0.25, 0.3) is 15.9 Å². The first-order valence-corrected chi connectivity index (χ1v) is 11.0. The molecule has 0 aliphatic rings. The van der Waals surface area contributed by atoms with Crippen molar-refractivity contribution in [3.63, 3.8) is 0 Å². The fourth-order valence-corrected chi connectivity index (χ4v) is 3.90. The zero-order valence-corrected chi connectivity index (χ0v) is 17.7. The van der Waals surface area contributed by atoms with Crippen LogP contribution in [0.2, 0.25) is 0 Å². The van der Waals surface area contributed by atoms with Gasteiger partial charge in [-0.2, -0.15) is 0 Å². The van der Waals surface area contributed by atoms with Crippen molar-refractivity contribution in [3.8, 4) is 5.75 Å². The van der Waals surface area contributed by atoms with Crippen molar-refractivity contribution in [1.29, 1.82) is 0 Å². The number of amides is 1. The highest BCUT2D eigenvalue weighted by Gasteiger charge is 2.18. The summed E-state index contributed by atoms with van der Waals surface area (Å²) in [6.45, 7) is 4.44. The number of sulfonamides is 1. The van der Waals surface area contributed by atoms with E-state index in [0.29, 0.717) is 6.61 Å². The summed E-state index contributed by atoms with van der Waals surface area (Å²) in [6.07, 6.45) is 0. The molecule has 0 heterocycles. The largest absolute Gasteiger partial charge is 0.492 e. The number of nitrogens with one attached hydrogen (secondary N) is 2. The maximum absolute atomic E-state index is 12.7. The van der Waals surface area contributed by atoms with Crippen LogP contribution < -0.4 is 14.8 Å². The third-order valence-electron chi connectivity index (χ3n) is 4.39. The summed E-state index contributed by atoms with van der Waals surface area (Å²) in [5.74, 6) is 0.348. The van der Waals surface area contributed by atoms with Crippen LogP contribution in [0.4, 0.5) is 5.69 Å². The molecule has 0 atom stereocenters. The summed E-state index contributed by atoms with van der Waals surface area (Å²) >= 11 is 0. The van der Waals surface area contributed by atoms with Crippen molar-refractivity contribution >= 4 is 21.6 Å². The first-order valence-electron chi connectivity index (χ1n) is 9.51. The Morgan fingerprint density at radius 3 is 2.37 bits per heavy atom. The number of carbonyl (C=O) groups excluding carboxylic acids is 1. The Labute approximate surface area is 177 Å². The lowest BCUT2D eigenvalue weighted by Gasteiger charge is -2.13. The Hall–Kier alpha value is -3.32. The number of carbonyl (C=O) groups is 1. The van der Waals surface area contributed by atoms with E-state index in [2.05, 4.69) is 10.0 Å². The third kappa shape index (κ3) is 5.61. The Morgan fingerprint density at radius 2 is 1.63 bits per heavy atom. The van der Waals surface area contributed by atoms with Gasteiger partial charge in [-0.05, 0) is 55.8 Å². The first kappa shape index (κ1) is 21.4. The molecule has 3 rings (SSSR count). The number of ether oxygens (including phenoxy) is 1. The molecule has 0 bridgehead atoms. The van der Waals surface area contributed by atoms with Gasteiger partial charge in [-0.1, -0.05) is 42.0 Å². The average Bonchev–Trinajstić information content (AvgIpc) is 2.71. The summed E-state index contributed by atoms with van der Waals surface area (Å²) in [4.78, 5) is 12.7. The van der Waals surface area contributed by atoms with E-state index >= 15 is 0 Å². The van der Waals surface area contributed by atoms with E-state index in [0.717, 1.165) is 16.9 Å². The second-order valence-corrected chi connectivity index (χ2v) is 8.57. The van der Waals surface area contributed by atoms with Crippen LogP contribution in [0.3, 0.4) is 0 Å². The van der Waals surface area contributed by atoms with Gasteiger partial charge in [0.1, 0.15) is 12.4 Å². The molecule has 2 N–H and O–H groups in total. The number of hydrogen-bond donors (Lipinski definition) is 2. The topological polar surface area (TPSA) is 84.5 Å². The van der Waals surface area contributed by atoms with Gasteiger partial charge < -0.3 is 10.1 Å². The smallest absolute Gasteiger partial charge is 0.261 e. The lowest BCUT2D eigenvalue weighted by molar-refractivity contribution is 0.0948. The molecular weight excluding hydrogens is 400 g/mol. The molecule has 0 saturated heterocycles. The zero-order chi connectivity index (χ0) is 21.6. The fourth-order valence-electron chi connectivity index (χ4n) is 2.83. The molecule has 0 unspecified atom stereocenters. The number of hydrogen-bond acceptors (Lipinski definition) is 4. The minimum absolute atomic E-state index is 0.134. The number of rotatable bonds is 8. The molecule has 30 heavy (non-hydrogen) atoms. The molecule has 0 radical (unpaired) electrons. The molecule has 0 aliphatic carbocycles. The monoisotopic (exact) mass is 424 g/mol. The lowest BCUT2D eigenvalue weighted by atomic mass is 10.1. The highest BCUT2D eigenvalue weighted by molar-refractivity contribution is 7.92. The van der Waals surface area contributed by atoms with E-state index in [1.165, 1.54) is 12.1 Å². The van der Waals surface area contributed by atoms with Crippen LogP contribution in [0.15, 0.2) is 77.7 Å². The number of anilines is 1. The number of para-hydroxylation sites is 1. The number of aryl methyl sites for hydroxylation is 2. The SMILES string of the molecule is Cc1ccc(S(=O)(=O)Nc2ccccc2C(=O)NCCOc2cccc(C)c2)cc1. The fraction of sp³-hybridized carbons (Fsp3) is 0.174. The van der Waals surface area contributed by atoms with Gasteiger partial charge in [0, 0.05) is 0 Å². The van der Waals surface area contributed by atoms with Crippen molar-refractivity contribution in [1.82, 2.24) is 5.32 Å². The van der Waals surface area contributed by atoms with Crippen LogP contribution in [-0.4, -0.2) is 27.5 Å². The zero-order valence-electron chi connectivity index (χ0n) is 16.9. The number of benzene rings is 3. The minimum atomic E-state index is -3.81. The van der Waals surface area contributed by atoms with Crippen molar-refractivity contribution in [3.05, 3.63) is 89.5 Å². The molecule has 6 nitrogen and oxygen atoms in total. The Kier molecular flexibility index (Phi) is 6.74. The van der Waals surface area contributed by atoms with Crippen molar-refractivity contribution < 1.29 is 17.9 Å². The minimum Gasteiger partial charge on any atom is -0.492 e. The van der Waals surface area contributed by atoms with Gasteiger partial charge in [-0.15, -0.1) is 0 Å². The van der Waals surface area contributed by atoms with Crippen LogP contribution in [0.1, 0.15) is 21.5 Å². The normalized spacial score (nSPS) is 11.0. The molecule has 0 aliphatic heterocycles. The summed E-state index contributed by atoms with van der Waals surface area (Å²) < 4.78 is 33.5. The summed E-state index contributed by atoms with van der Waals surface area (Å²) in [7, 11) is -3.81. The molecule has 3 aromatic rings. The second kappa shape index (κ2) is 9.45. The van der Waals surface area contributed by atoms with E-state index in [9.17, 15) is 13.2 Å². The quantitative estimate of drug-likeness (QED) is 0.537. The van der Waals surface area contributed by atoms with E-state index in [-0.39, 0.29) is 28.6 Å². The second-order valence-electron chi connectivity index (χ2n) is 6.89. The third-order valence-corrected chi connectivity index (χ3v) is 5.77. The predicted molar refractivity (Wildman–Crippen MR) is 117 cm³/mol. The van der Waals surface area contributed by atoms with Crippen LogP contribution in [-0.2, 0) is 10.0 Å². The maximum atomic E-state index is 12.7. The maximum Gasteiger partial charge on any atom is 0.261 e. The first-order chi connectivity index (χ1) is 14.3. The van der Waals surface area contributed by atoms with Crippen LogP contribution in [0.25, 0.3) is 0 Å². The van der Waals surface area contributed by atoms with Crippen molar-refractivity contribution in [2.45, 2.75) is 18.7 Å². The van der Waals surface area contributed by atoms with E-state index in [4.69, 9.17) is 4.74 Å². The Morgan fingerprint density at radius 1 is 0.900 bits per heavy atom. The van der Waals surface area contributed by atoms with Crippen molar-refractivity contribution in [2.24, 2.45) is 0 Å². The highest BCUT2D eigenvalue weighted by Crippen LogP contribution is 2.20. The standard InChI is InChI=1S/C23H24N2O4S/c1-17-10-12-20(13-11-17)30(27,28)25-22-9-4-3-8-21(22)23(26)24-14-15-29-19-7-5-6-18(2)16-19/h3-13,16,25H,14-15H2,1-2H3,(H,24,26). The summed E-state index contributed by atoms with van der Waals surface area (Å²) in [5, 5.41) is 2.76. The van der Waals surface area contributed by atoms with Gasteiger partial charge >= 0.3 is 0 Å². The molecule has 7 heteroatoms. The average molecular weight is 425 g/mol. The van der Waals surface area contributed by atoms with Crippen molar-refractivity contribution in [2.75, 3.05) is 17.9 Å². The van der Waals surface area contributed by atoms with E-state index < -0.39 is 10.0 Å². The molecule has 0 aromatic heterocycles. The van der Waals surface area contributed by atoms with Crippen LogP contribution in [0, 0.1) is 13.8 Å².